The van der Waals surface area contributed by atoms with E-state index in [0.29, 0.717) is 18.6 Å². The van der Waals surface area contributed by atoms with E-state index in [0.717, 1.165) is 17.2 Å². The SMILES string of the molecule is COc1ccc2c(c1)-n1nnnc1CC1CC(=O)N21. The van der Waals surface area contributed by atoms with E-state index in [1.165, 1.54) is 0 Å². The molecule has 3 heterocycles. The molecule has 0 N–H and O–H groups in total. The lowest BCUT2D eigenvalue weighted by Gasteiger charge is -2.39. The third kappa shape index (κ3) is 1.32. The van der Waals surface area contributed by atoms with Crippen molar-refractivity contribution in [3.63, 3.8) is 0 Å². The number of fused-ring (bicyclic) bond motifs is 5. The number of carbonyl (C=O) groups excluding carboxylic acids is 1. The first kappa shape index (κ1) is 10.5. The van der Waals surface area contributed by atoms with Gasteiger partial charge in [0.2, 0.25) is 5.91 Å². The first-order chi connectivity index (χ1) is 9.28. The van der Waals surface area contributed by atoms with Crippen molar-refractivity contribution >= 4 is 11.6 Å². The Morgan fingerprint density at radius 1 is 1.32 bits per heavy atom. The molecule has 96 valence electrons. The second kappa shape index (κ2) is 3.53. The summed E-state index contributed by atoms with van der Waals surface area (Å²) in [6.07, 6.45) is 1.23. The van der Waals surface area contributed by atoms with Crippen LogP contribution in [0.25, 0.3) is 5.69 Å². The molecule has 0 aliphatic carbocycles. The molecule has 1 fully saturated rings. The minimum absolute atomic E-state index is 0.134. The molecule has 2 aromatic rings. The Balaban J connectivity index is 1.97. The first-order valence-electron chi connectivity index (χ1n) is 6.05. The predicted octanol–water partition coefficient (Wildman–Crippen LogP) is 0.332. The first-order valence-corrected chi connectivity index (χ1v) is 6.05. The molecule has 1 amide bonds. The number of rotatable bonds is 1. The number of hydrogen-bond donors (Lipinski definition) is 0. The van der Waals surface area contributed by atoms with E-state index in [1.54, 1.807) is 11.8 Å². The number of aromatic nitrogens is 4. The smallest absolute Gasteiger partial charge is 0.229 e. The number of benzene rings is 1. The molecule has 2 aliphatic rings. The number of carbonyl (C=O) groups is 1. The highest BCUT2D eigenvalue weighted by Gasteiger charge is 2.42. The highest BCUT2D eigenvalue weighted by atomic mass is 16.5. The van der Waals surface area contributed by atoms with Gasteiger partial charge < -0.3 is 9.64 Å². The van der Waals surface area contributed by atoms with Gasteiger partial charge in [-0.15, -0.1) is 5.10 Å². The van der Waals surface area contributed by atoms with Gasteiger partial charge in [0, 0.05) is 18.9 Å². The van der Waals surface area contributed by atoms with Crippen LogP contribution in [0.1, 0.15) is 12.2 Å². The van der Waals surface area contributed by atoms with Crippen LogP contribution in [0.4, 0.5) is 5.69 Å². The van der Waals surface area contributed by atoms with Crippen molar-refractivity contribution in [2.75, 3.05) is 12.0 Å². The zero-order chi connectivity index (χ0) is 13.0. The summed E-state index contributed by atoms with van der Waals surface area (Å²) in [6, 6.07) is 5.74. The maximum Gasteiger partial charge on any atom is 0.229 e. The Hall–Kier alpha value is -2.44. The van der Waals surface area contributed by atoms with Gasteiger partial charge in [-0.05, 0) is 22.6 Å². The van der Waals surface area contributed by atoms with E-state index in [4.69, 9.17) is 4.74 Å². The lowest BCUT2D eigenvalue weighted by Crippen LogP contribution is -2.53. The van der Waals surface area contributed by atoms with Crippen LogP contribution in [0.15, 0.2) is 18.2 Å². The average molecular weight is 257 g/mol. The van der Waals surface area contributed by atoms with Gasteiger partial charge in [0.15, 0.2) is 5.82 Å². The van der Waals surface area contributed by atoms with Crippen LogP contribution in [0.5, 0.6) is 5.75 Å². The predicted molar refractivity (Wildman–Crippen MR) is 65.3 cm³/mol. The van der Waals surface area contributed by atoms with Gasteiger partial charge >= 0.3 is 0 Å². The highest BCUT2D eigenvalue weighted by Crippen LogP contribution is 2.38. The Kier molecular flexibility index (Phi) is 1.95. The van der Waals surface area contributed by atoms with E-state index >= 15 is 0 Å². The van der Waals surface area contributed by atoms with Gasteiger partial charge in [-0.2, -0.15) is 4.68 Å². The fourth-order valence-corrected chi connectivity index (χ4v) is 2.71. The topological polar surface area (TPSA) is 73.1 Å². The molecule has 7 heteroatoms. The molecule has 2 aliphatic heterocycles. The summed E-state index contributed by atoms with van der Waals surface area (Å²) in [4.78, 5) is 13.6. The quantitative estimate of drug-likeness (QED) is 0.688. The van der Waals surface area contributed by atoms with Crippen molar-refractivity contribution in [1.29, 1.82) is 0 Å². The van der Waals surface area contributed by atoms with Gasteiger partial charge in [-0.3, -0.25) is 4.79 Å². The fraction of sp³-hybridized carbons (Fsp3) is 0.333. The lowest BCUT2D eigenvalue weighted by molar-refractivity contribution is -0.124. The maximum absolute atomic E-state index is 11.8. The van der Waals surface area contributed by atoms with Gasteiger partial charge in [0.1, 0.15) is 5.75 Å². The minimum Gasteiger partial charge on any atom is -0.497 e. The number of nitrogens with zero attached hydrogens (tertiary/aromatic N) is 5. The van der Waals surface area contributed by atoms with Crippen molar-refractivity contribution in [3.05, 3.63) is 24.0 Å². The number of amides is 1. The normalized spacial score (nSPS) is 19.9. The Morgan fingerprint density at radius 2 is 2.21 bits per heavy atom. The third-order valence-electron chi connectivity index (χ3n) is 3.67. The largest absolute Gasteiger partial charge is 0.497 e. The van der Waals surface area contributed by atoms with E-state index in [1.807, 2.05) is 23.1 Å². The van der Waals surface area contributed by atoms with Crippen LogP contribution in [0.3, 0.4) is 0 Å². The number of methoxy groups -OCH3 is 1. The summed E-state index contributed by atoms with van der Waals surface area (Å²) in [5.41, 5.74) is 1.63. The van der Waals surface area contributed by atoms with E-state index in [9.17, 15) is 4.79 Å². The molecule has 1 saturated heterocycles. The van der Waals surface area contributed by atoms with Crippen LogP contribution >= 0.6 is 0 Å². The molecular weight excluding hydrogens is 246 g/mol. The van der Waals surface area contributed by atoms with Crippen molar-refractivity contribution in [2.45, 2.75) is 18.9 Å². The molecular formula is C12H11N5O2. The molecule has 1 unspecified atom stereocenters. The molecule has 0 spiro atoms. The summed E-state index contributed by atoms with van der Waals surface area (Å²) in [5, 5.41) is 11.8. The van der Waals surface area contributed by atoms with Crippen molar-refractivity contribution < 1.29 is 9.53 Å². The van der Waals surface area contributed by atoms with Crippen LogP contribution < -0.4 is 9.64 Å². The van der Waals surface area contributed by atoms with Crippen molar-refractivity contribution in [2.24, 2.45) is 0 Å². The number of ether oxygens (including phenoxy) is 1. The van der Waals surface area contributed by atoms with E-state index < -0.39 is 0 Å². The van der Waals surface area contributed by atoms with Crippen molar-refractivity contribution in [3.8, 4) is 11.4 Å². The number of β-lactam (4-membered cyclic amide) rings is 1. The Labute approximate surface area is 108 Å². The Bertz CT molecular complexity index is 681. The summed E-state index contributed by atoms with van der Waals surface area (Å²) in [6.45, 7) is 0. The molecule has 19 heavy (non-hydrogen) atoms. The van der Waals surface area contributed by atoms with Gasteiger partial charge in [0.25, 0.3) is 0 Å². The van der Waals surface area contributed by atoms with Crippen LogP contribution in [-0.2, 0) is 11.2 Å². The van der Waals surface area contributed by atoms with Crippen LogP contribution in [0, 0.1) is 0 Å². The highest BCUT2D eigenvalue weighted by molar-refractivity contribution is 6.02. The summed E-state index contributed by atoms with van der Waals surface area (Å²) in [7, 11) is 1.61. The monoisotopic (exact) mass is 257 g/mol. The maximum atomic E-state index is 11.8. The van der Waals surface area contributed by atoms with Crippen molar-refractivity contribution in [1.82, 2.24) is 20.2 Å². The summed E-state index contributed by atoms with van der Waals surface area (Å²) in [5.74, 6) is 1.62. The zero-order valence-electron chi connectivity index (χ0n) is 10.3. The van der Waals surface area contributed by atoms with E-state index in [-0.39, 0.29) is 11.9 Å². The van der Waals surface area contributed by atoms with Crippen LogP contribution in [0.2, 0.25) is 0 Å². The molecule has 0 saturated carbocycles. The van der Waals surface area contributed by atoms with Crippen LogP contribution in [-0.4, -0.2) is 39.3 Å². The van der Waals surface area contributed by atoms with Gasteiger partial charge in [0.05, 0.1) is 24.5 Å². The molecule has 1 atom stereocenters. The minimum atomic E-state index is 0.134. The molecule has 4 rings (SSSR count). The second-order valence-corrected chi connectivity index (χ2v) is 4.69. The molecule has 7 nitrogen and oxygen atoms in total. The second-order valence-electron chi connectivity index (χ2n) is 4.69. The molecule has 1 aromatic heterocycles. The molecule has 1 aromatic carbocycles. The van der Waals surface area contributed by atoms with Gasteiger partial charge in [-0.1, -0.05) is 0 Å². The summed E-state index contributed by atoms with van der Waals surface area (Å²) >= 11 is 0. The fourth-order valence-electron chi connectivity index (χ4n) is 2.71. The number of anilines is 1. The average Bonchev–Trinajstić information content (AvgIpc) is 2.83. The summed E-state index contributed by atoms with van der Waals surface area (Å²) < 4.78 is 6.92. The zero-order valence-corrected chi connectivity index (χ0v) is 10.3. The number of tetrazole rings is 1. The standard InChI is InChI=1S/C12H11N5O2/c1-19-8-2-3-9-10(6-8)17-11(13-14-15-17)4-7-5-12(18)16(7)9/h2-3,6-7H,4-5H2,1H3. The van der Waals surface area contributed by atoms with Gasteiger partial charge in [-0.25, -0.2) is 0 Å². The molecule has 0 radical (unpaired) electrons. The van der Waals surface area contributed by atoms with E-state index in [2.05, 4.69) is 15.5 Å². The lowest BCUT2D eigenvalue weighted by atomic mass is 9.97. The third-order valence-corrected chi connectivity index (χ3v) is 3.67. The number of hydrogen-bond acceptors (Lipinski definition) is 5. The Morgan fingerprint density at radius 3 is 3.00 bits per heavy atom. The molecule has 0 bridgehead atoms.